The number of nitrogens with two attached hydrogens (primary N) is 1. The van der Waals surface area contributed by atoms with E-state index >= 15 is 0 Å². The Kier molecular flexibility index (Phi) is 5.74. The Morgan fingerprint density at radius 1 is 1.31 bits per heavy atom. The van der Waals surface area contributed by atoms with E-state index in [1.807, 2.05) is 29.7 Å². The molecule has 2 aromatic rings. The van der Waals surface area contributed by atoms with Gasteiger partial charge in [-0.15, -0.1) is 0 Å². The predicted octanol–water partition coefficient (Wildman–Crippen LogP) is 1.47. The van der Waals surface area contributed by atoms with Crippen LogP contribution < -0.4 is 20.4 Å². The van der Waals surface area contributed by atoms with Gasteiger partial charge in [-0.25, -0.2) is 13.9 Å². The van der Waals surface area contributed by atoms with Gasteiger partial charge in [0.25, 0.3) is 11.7 Å². The van der Waals surface area contributed by atoms with Crippen LogP contribution in [0.15, 0.2) is 18.2 Å². The Balaban J connectivity index is 2.44. The van der Waals surface area contributed by atoms with Crippen LogP contribution in [0.1, 0.15) is 33.5 Å². The second kappa shape index (κ2) is 7.63. The summed E-state index contributed by atoms with van der Waals surface area (Å²) in [7, 11) is 1.60. The first kappa shape index (κ1) is 19.6. The number of nitrogens with one attached hydrogen (secondary N) is 1. The SMILES string of the molecule is CCn1c(CNC(=O)OC(C)(C)C)[n+](CC(N)=O)c2ccc(OC)cc21. The van der Waals surface area contributed by atoms with Crippen molar-refractivity contribution in [3.8, 4) is 5.75 Å². The van der Waals surface area contributed by atoms with Gasteiger partial charge in [-0.05, 0) is 39.8 Å². The van der Waals surface area contributed by atoms with Crippen LogP contribution in [0.25, 0.3) is 11.0 Å². The summed E-state index contributed by atoms with van der Waals surface area (Å²) in [5, 5.41) is 2.75. The average Bonchev–Trinajstić information content (AvgIpc) is 2.82. The van der Waals surface area contributed by atoms with Crippen molar-refractivity contribution < 1.29 is 23.6 Å². The molecule has 2 rings (SSSR count). The van der Waals surface area contributed by atoms with Gasteiger partial charge in [0, 0.05) is 6.07 Å². The molecule has 0 atom stereocenters. The molecule has 0 bridgehead atoms. The van der Waals surface area contributed by atoms with Crippen LogP contribution in [0, 0.1) is 0 Å². The summed E-state index contributed by atoms with van der Waals surface area (Å²) in [4.78, 5) is 23.6. The number of benzene rings is 1. The zero-order valence-electron chi connectivity index (χ0n) is 16.0. The van der Waals surface area contributed by atoms with Gasteiger partial charge in [0.1, 0.15) is 17.9 Å². The molecule has 0 saturated heterocycles. The first-order valence-electron chi connectivity index (χ1n) is 8.50. The second-order valence-electron chi connectivity index (χ2n) is 6.92. The lowest BCUT2D eigenvalue weighted by Gasteiger charge is -2.19. The van der Waals surface area contributed by atoms with Gasteiger partial charge in [-0.3, -0.25) is 4.79 Å². The normalized spacial score (nSPS) is 11.4. The number of aromatic nitrogens is 2. The van der Waals surface area contributed by atoms with Crippen molar-refractivity contribution in [2.24, 2.45) is 5.73 Å². The molecule has 142 valence electrons. The molecule has 1 aromatic heterocycles. The van der Waals surface area contributed by atoms with Gasteiger partial charge in [-0.1, -0.05) is 0 Å². The minimum atomic E-state index is -0.585. The maximum atomic E-state index is 12.0. The van der Waals surface area contributed by atoms with Crippen LogP contribution in [0.5, 0.6) is 5.75 Å². The fourth-order valence-electron chi connectivity index (χ4n) is 2.84. The molecule has 0 aliphatic rings. The summed E-state index contributed by atoms with van der Waals surface area (Å²) in [6.45, 7) is 8.26. The summed E-state index contributed by atoms with van der Waals surface area (Å²) in [5.74, 6) is 1.00. The van der Waals surface area contributed by atoms with Crippen LogP contribution >= 0.6 is 0 Å². The minimum absolute atomic E-state index is 0.0150. The highest BCUT2D eigenvalue weighted by atomic mass is 16.6. The van der Waals surface area contributed by atoms with Crippen molar-refractivity contribution in [2.45, 2.75) is 52.9 Å². The number of alkyl carbamates (subject to hydrolysis) is 1. The van der Waals surface area contributed by atoms with E-state index in [1.54, 1.807) is 32.4 Å². The fourth-order valence-corrected chi connectivity index (χ4v) is 2.84. The number of imidazole rings is 1. The standard InChI is InChI=1S/C18H26N4O4/c1-6-21-14-9-12(25-5)7-8-13(14)22(11-15(19)23)16(21)10-20-17(24)26-18(2,3)4/h7-9H,6,10-11H2,1-5H3,(H2-,19,20,23,24)/p+1. The quantitative estimate of drug-likeness (QED) is 0.759. The molecule has 8 heteroatoms. The molecule has 0 aliphatic heterocycles. The fraction of sp³-hybridized carbons (Fsp3) is 0.500. The number of amides is 2. The molecule has 0 saturated carbocycles. The number of methoxy groups -OCH3 is 1. The van der Waals surface area contributed by atoms with Crippen molar-refractivity contribution in [3.63, 3.8) is 0 Å². The number of fused-ring (bicyclic) bond motifs is 1. The first-order valence-corrected chi connectivity index (χ1v) is 8.50. The number of hydrogen-bond acceptors (Lipinski definition) is 4. The third kappa shape index (κ3) is 4.44. The average molecular weight is 363 g/mol. The maximum Gasteiger partial charge on any atom is 0.408 e. The third-order valence-electron chi connectivity index (χ3n) is 3.81. The highest BCUT2D eigenvalue weighted by molar-refractivity contribution is 5.77. The van der Waals surface area contributed by atoms with Gasteiger partial charge < -0.3 is 20.5 Å². The van der Waals surface area contributed by atoms with Gasteiger partial charge in [-0.2, -0.15) is 0 Å². The third-order valence-corrected chi connectivity index (χ3v) is 3.81. The van der Waals surface area contributed by atoms with E-state index in [0.717, 1.165) is 16.9 Å². The summed E-state index contributed by atoms with van der Waals surface area (Å²) < 4.78 is 14.4. The van der Waals surface area contributed by atoms with E-state index in [9.17, 15) is 9.59 Å². The number of carbonyl (C=O) groups excluding carboxylic acids is 2. The molecule has 0 radical (unpaired) electrons. The van der Waals surface area contributed by atoms with E-state index in [0.29, 0.717) is 12.3 Å². The minimum Gasteiger partial charge on any atom is -0.497 e. The van der Waals surface area contributed by atoms with Crippen LogP contribution in [0.3, 0.4) is 0 Å². The molecule has 0 unspecified atom stereocenters. The van der Waals surface area contributed by atoms with Crippen LogP contribution in [-0.4, -0.2) is 29.3 Å². The lowest BCUT2D eigenvalue weighted by molar-refractivity contribution is -0.667. The Labute approximate surface area is 152 Å². The van der Waals surface area contributed by atoms with Crippen molar-refractivity contribution >= 4 is 23.0 Å². The number of carbonyl (C=O) groups is 2. The highest BCUT2D eigenvalue weighted by Crippen LogP contribution is 2.21. The van der Waals surface area contributed by atoms with Gasteiger partial charge in [0.15, 0.2) is 17.6 Å². The largest absolute Gasteiger partial charge is 0.497 e. The van der Waals surface area contributed by atoms with Gasteiger partial charge in [0.2, 0.25) is 0 Å². The van der Waals surface area contributed by atoms with Crippen molar-refractivity contribution in [1.82, 2.24) is 9.88 Å². The molecule has 0 fully saturated rings. The second-order valence-corrected chi connectivity index (χ2v) is 6.92. The first-order chi connectivity index (χ1) is 12.2. The molecule has 1 heterocycles. The molecular weight excluding hydrogens is 336 g/mol. The summed E-state index contributed by atoms with van der Waals surface area (Å²) in [6, 6.07) is 5.60. The summed E-state index contributed by atoms with van der Waals surface area (Å²) >= 11 is 0. The van der Waals surface area contributed by atoms with Crippen molar-refractivity contribution in [1.29, 1.82) is 0 Å². The van der Waals surface area contributed by atoms with Crippen molar-refractivity contribution in [2.75, 3.05) is 7.11 Å². The number of aryl methyl sites for hydroxylation is 1. The zero-order valence-corrected chi connectivity index (χ0v) is 16.0. The van der Waals surface area contributed by atoms with E-state index < -0.39 is 17.6 Å². The number of hydrogen-bond donors (Lipinski definition) is 2. The Morgan fingerprint density at radius 3 is 2.54 bits per heavy atom. The van der Waals surface area contributed by atoms with Crippen LogP contribution in [0.4, 0.5) is 4.79 Å². The topological polar surface area (TPSA) is 99.5 Å². The molecule has 3 N–H and O–H groups in total. The lowest BCUT2D eigenvalue weighted by atomic mass is 10.2. The Hall–Kier alpha value is -2.77. The Morgan fingerprint density at radius 2 is 2.00 bits per heavy atom. The number of rotatable bonds is 6. The molecule has 1 aromatic carbocycles. The maximum absolute atomic E-state index is 12.0. The Bertz CT molecular complexity index is 821. The summed E-state index contributed by atoms with van der Waals surface area (Å²) in [6.07, 6.45) is -0.520. The molecule has 0 spiro atoms. The molecule has 8 nitrogen and oxygen atoms in total. The zero-order chi connectivity index (χ0) is 19.5. The van der Waals surface area contributed by atoms with Gasteiger partial charge in [0.05, 0.1) is 13.7 Å². The molecular formula is C18H27N4O4+. The molecule has 26 heavy (non-hydrogen) atoms. The monoisotopic (exact) mass is 363 g/mol. The highest BCUT2D eigenvalue weighted by Gasteiger charge is 2.27. The molecule has 0 aliphatic carbocycles. The van der Waals surface area contributed by atoms with E-state index in [-0.39, 0.29) is 13.1 Å². The van der Waals surface area contributed by atoms with E-state index in [4.69, 9.17) is 15.2 Å². The van der Waals surface area contributed by atoms with E-state index in [2.05, 4.69) is 5.32 Å². The number of primary amides is 1. The smallest absolute Gasteiger partial charge is 0.408 e. The van der Waals surface area contributed by atoms with Gasteiger partial charge >= 0.3 is 6.09 Å². The predicted molar refractivity (Wildman–Crippen MR) is 96.6 cm³/mol. The number of ether oxygens (including phenoxy) is 2. The molecule has 2 amide bonds. The van der Waals surface area contributed by atoms with Crippen LogP contribution in [0.2, 0.25) is 0 Å². The number of nitrogens with zero attached hydrogens (tertiary/aromatic N) is 2. The van der Waals surface area contributed by atoms with E-state index in [1.165, 1.54) is 0 Å². The van der Waals surface area contributed by atoms with Crippen molar-refractivity contribution in [3.05, 3.63) is 24.0 Å². The van der Waals surface area contributed by atoms with Crippen LogP contribution in [-0.2, 0) is 29.2 Å². The lowest BCUT2D eigenvalue weighted by Crippen LogP contribution is -2.46. The summed E-state index contributed by atoms with van der Waals surface area (Å²) in [5.41, 5.74) is 6.58.